The summed E-state index contributed by atoms with van der Waals surface area (Å²) in [5.41, 5.74) is 2.21. The maximum absolute atomic E-state index is 4.37. The van der Waals surface area contributed by atoms with E-state index in [-0.39, 0.29) is 6.04 Å². The number of hydrogen-bond acceptors (Lipinski definition) is 1. The first-order valence-electron chi connectivity index (χ1n) is 3.94. The van der Waals surface area contributed by atoms with Crippen LogP contribution in [0.25, 0.3) is 0 Å². The van der Waals surface area contributed by atoms with Gasteiger partial charge in [0.25, 0.3) is 0 Å². The molecule has 0 saturated heterocycles. The summed E-state index contributed by atoms with van der Waals surface area (Å²) in [5.74, 6) is 5.80. The van der Waals surface area contributed by atoms with Crippen LogP contribution in [0, 0.1) is 18.8 Å². The monoisotopic (exact) mass is 158 g/mol. The molecule has 0 spiro atoms. The van der Waals surface area contributed by atoms with Gasteiger partial charge in [0.15, 0.2) is 6.04 Å². The first-order valence-corrected chi connectivity index (χ1v) is 3.94. The normalized spacial score (nSPS) is 15.7. The van der Waals surface area contributed by atoms with Crippen LogP contribution in [0.3, 0.4) is 0 Å². The van der Waals surface area contributed by atoms with Gasteiger partial charge < -0.3 is 4.57 Å². The molecule has 0 fully saturated rings. The lowest BCUT2D eigenvalue weighted by atomic mass is 10.3. The van der Waals surface area contributed by atoms with Gasteiger partial charge in [0, 0.05) is 13.2 Å². The van der Waals surface area contributed by atoms with Gasteiger partial charge in [-0.1, -0.05) is 11.8 Å². The summed E-state index contributed by atoms with van der Waals surface area (Å²) in [4.78, 5) is 4.37. The highest BCUT2D eigenvalue weighted by Crippen LogP contribution is 1.97. The number of hydrogen-bond donors (Lipinski definition) is 0. The molecule has 0 unspecified atom stereocenters. The van der Waals surface area contributed by atoms with Crippen LogP contribution in [-0.4, -0.2) is 10.6 Å². The number of nitrogens with zero attached hydrogens (tertiary/aromatic N) is 2. The number of pyridine rings is 1. The van der Waals surface area contributed by atoms with Crippen molar-refractivity contribution in [2.75, 3.05) is 0 Å². The summed E-state index contributed by atoms with van der Waals surface area (Å²) in [7, 11) is 1.99. The molecule has 1 aromatic rings. The van der Waals surface area contributed by atoms with Crippen molar-refractivity contribution in [2.24, 2.45) is 12.0 Å². The van der Waals surface area contributed by atoms with E-state index in [0.29, 0.717) is 0 Å². The molecule has 2 nitrogen and oxygen atoms in total. The highest BCUT2D eigenvalue weighted by atomic mass is 15.0. The molecule has 2 rings (SSSR count). The van der Waals surface area contributed by atoms with Crippen molar-refractivity contribution in [3.05, 3.63) is 29.4 Å². The maximum atomic E-state index is 4.37. The van der Waals surface area contributed by atoms with Crippen LogP contribution in [0.1, 0.15) is 5.56 Å². The van der Waals surface area contributed by atoms with Gasteiger partial charge >= 0.3 is 0 Å². The minimum absolute atomic E-state index is 0.109. The third kappa shape index (κ3) is 1.40. The van der Waals surface area contributed by atoms with Crippen molar-refractivity contribution < 1.29 is 0 Å². The van der Waals surface area contributed by atoms with Crippen LogP contribution in [-0.2, 0) is 7.05 Å². The third-order valence-corrected chi connectivity index (χ3v) is 1.81. The van der Waals surface area contributed by atoms with Crippen molar-refractivity contribution in [3.8, 4) is 11.8 Å². The molecule has 2 heteroatoms. The van der Waals surface area contributed by atoms with Crippen molar-refractivity contribution in [1.82, 2.24) is 4.57 Å². The Labute approximate surface area is 71.6 Å². The molecule has 1 aliphatic carbocycles. The number of aryl methyl sites for hydroxylation is 2. The summed E-state index contributed by atoms with van der Waals surface area (Å²) in [6.07, 6.45) is 2.01. The average Bonchev–Trinajstić information content (AvgIpc) is 2.81. The molecule has 0 bridgehead atoms. The van der Waals surface area contributed by atoms with Gasteiger partial charge in [-0.2, -0.15) is 0 Å². The van der Waals surface area contributed by atoms with Gasteiger partial charge in [0.1, 0.15) is 5.49 Å². The van der Waals surface area contributed by atoms with E-state index in [2.05, 4.69) is 35.9 Å². The number of aromatic nitrogens is 1. The van der Waals surface area contributed by atoms with E-state index in [9.17, 15) is 0 Å². The zero-order valence-electron chi connectivity index (χ0n) is 7.20. The molecule has 1 heterocycles. The van der Waals surface area contributed by atoms with Gasteiger partial charge in [-0.05, 0) is 24.6 Å². The zero-order valence-corrected chi connectivity index (χ0v) is 7.20. The Morgan fingerprint density at radius 2 is 2.25 bits per heavy atom. The topological polar surface area (TPSA) is 17.3 Å². The molecule has 0 radical (unpaired) electrons. The molecule has 1 aliphatic rings. The van der Waals surface area contributed by atoms with E-state index in [0.717, 1.165) is 5.49 Å². The fourth-order valence-electron chi connectivity index (χ4n) is 1.02. The van der Waals surface area contributed by atoms with E-state index in [1.54, 1.807) is 0 Å². The van der Waals surface area contributed by atoms with E-state index in [1.807, 2.05) is 17.8 Å². The minimum atomic E-state index is 0.109. The first-order chi connectivity index (χ1) is 5.75. The van der Waals surface area contributed by atoms with Crippen molar-refractivity contribution in [1.29, 1.82) is 0 Å². The average molecular weight is 158 g/mol. The highest BCUT2D eigenvalue weighted by Gasteiger charge is 2.05. The van der Waals surface area contributed by atoms with Crippen LogP contribution in [0.15, 0.2) is 23.3 Å². The third-order valence-electron chi connectivity index (χ3n) is 1.81. The highest BCUT2D eigenvalue weighted by molar-refractivity contribution is 5.36. The molecule has 0 N–H and O–H groups in total. The fourth-order valence-corrected chi connectivity index (χ4v) is 1.02. The van der Waals surface area contributed by atoms with E-state index >= 15 is 0 Å². The Balaban J connectivity index is 2.47. The Bertz CT molecular complexity index is 421. The Morgan fingerprint density at radius 3 is 2.92 bits per heavy atom. The lowest BCUT2D eigenvalue weighted by Crippen LogP contribution is -2.18. The molecule has 0 aliphatic heterocycles. The Morgan fingerprint density at radius 1 is 1.50 bits per heavy atom. The molecule has 0 atom stereocenters. The smallest absolute Gasteiger partial charge is 0.173 e. The Kier molecular flexibility index (Phi) is 1.51. The largest absolute Gasteiger partial charge is 0.336 e. The molecular weight excluding hydrogens is 148 g/mol. The van der Waals surface area contributed by atoms with Crippen LogP contribution >= 0.6 is 0 Å². The summed E-state index contributed by atoms with van der Waals surface area (Å²) in [6.45, 7) is 2.06. The Hall–Kier alpha value is -1.49. The zero-order chi connectivity index (χ0) is 8.55. The molecule has 12 heavy (non-hydrogen) atoms. The maximum Gasteiger partial charge on any atom is 0.173 e. The summed E-state index contributed by atoms with van der Waals surface area (Å²) in [5, 5.41) is 0. The van der Waals surface area contributed by atoms with Crippen molar-refractivity contribution in [2.45, 2.75) is 13.0 Å². The molecule has 1 aromatic heterocycles. The van der Waals surface area contributed by atoms with Gasteiger partial charge in [-0.25, -0.2) is 4.99 Å². The van der Waals surface area contributed by atoms with Gasteiger partial charge in [-0.3, -0.25) is 0 Å². The second kappa shape index (κ2) is 2.53. The molecule has 0 saturated carbocycles. The van der Waals surface area contributed by atoms with Gasteiger partial charge in [0.2, 0.25) is 0 Å². The molecule has 0 aromatic carbocycles. The standard InChI is InChI=1S/C10H10N2/c1-8-5-6-12(2)10(7-8)11-9-3-4-9/h5-7,9H,1-2H3. The lowest BCUT2D eigenvalue weighted by molar-refractivity contribution is 0.808. The van der Waals surface area contributed by atoms with Crippen LogP contribution in [0.4, 0.5) is 0 Å². The van der Waals surface area contributed by atoms with Gasteiger partial charge in [0.05, 0.1) is 0 Å². The summed E-state index contributed by atoms with van der Waals surface area (Å²) in [6, 6.07) is 4.23. The van der Waals surface area contributed by atoms with Crippen LogP contribution in [0.5, 0.6) is 0 Å². The summed E-state index contributed by atoms with van der Waals surface area (Å²) >= 11 is 0. The van der Waals surface area contributed by atoms with Crippen molar-refractivity contribution >= 4 is 0 Å². The fraction of sp³-hybridized carbons (Fsp3) is 0.300. The predicted molar refractivity (Wildman–Crippen MR) is 47.3 cm³/mol. The van der Waals surface area contributed by atoms with E-state index < -0.39 is 0 Å². The lowest BCUT2D eigenvalue weighted by Gasteiger charge is -1.99. The second-order valence-electron chi connectivity index (χ2n) is 2.99. The second-order valence-corrected chi connectivity index (χ2v) is 2.99. The van der Waals surface area contributed by atoms with Crippen LogP contribution in [0.2, 0.25) is 0 Å². The predicted octanol–water partition coefficient (Wildman–Crippen LogP) is 0.620. The van der Waals surface area contributed by atoms with Crippen molar-refractivity contribution in [3.63, 3.8) is 0 Å². The van der Waals surface area contributed by atoms with E-state index in [1.165, 1.54) is 5.56 Å². The van der Waals surface area contributed by atoms with Gasteiger partial charge in [-0.15, -0.1) is 0 Å². The quantitative estimate of drug-likeness (QED) is 0.533. The molecule has 60 valence electrons. The number of rotatable bonds is 1. The molecular formula is C10H10N2. The first kappa shape index (κ1) is 7.17. The SMILES string of the molecule is Cc1ccn(C)c(=NC2C#C2)c1. The summed E-state index contributed by atoms with van der Waals surface area (Å²) < 4.78 is 1.99. The minimum Gasteiger partial charge on any atom is -0.336 e. The molecule has 0 amide bonds. The van der Waals surface area contributed by atoms with E-state index in [4.69, 9.17) is 0 Å². The van der Waals surface area contributed by atoms with Crippen LogP contribution < -0.4 is 5.49 Å².